The highest BCUT2D eigenvalue weighted by Crippen LogP contribution is 2.39. The van der Waals surface area contributed by atoms with Crippen LogP contribution in [0.25, 0.3) is 0 Å². The normalized spacial score (nSPS) is 19.4. The van der Waals surface area contributed by atoms with Crippen LogP contribution in [0.4, 0.5) is 26.3 Å². The van der Waals surface area contributed by atoms with E-state index in [4.69, 9.17) is 44.1 Å². The van der Waals surface area contributed by atoms with E-state index in [9.17, 15) is 26.3 Å². The second-order valence-electron chi connectivity index (χ2n) is 7.05. The summed E-state index contributed by atoms with van der Waals surface area (Å²) in [4.78, 5) is 7.58. The number of hydrogen-bond acceptors (Lipinski definition) is 6. The molecule has 2 atom stereocenters. The number of aliphatic imine (C=N–C) groups is 2. The molecule has 0 amide bonds. The topological polar surface area (TPSA) is 95.2 Å². The molecule has 0 aliphatic carbocycles. The van der Waals surface area contributed by atoms with E-state index in [-0.39, 0.29) is 53.9 Å². The third-order valence-electron chi connectivity index (χ3n) is 4.70. The van der Waals surface area contributed by atoms with Crippen LogP contribution < -0.4 is 11.5 Å². The Balaban J connectivity index is 0.000000240. The summed E-state index contributed by atoms with van der Waals surface area (Å²) < 4.78 is 86.5. The Hall–Kier alpha value is -2.86. The number of ether oxygens (including phenoxy) is 2. The van der Waals surface area contributed by atoms with Gasteiger partial charge in [0.25, 0.3) is 12.0 Å². The van der Waals surface area contributed by atoms with E-state index >= 15 is 0 Å². The molecule has 2 aromatic rings. The molecule has 6 nitrogen and oxygen atoms in total. The predicted octanol–water partition coefficient (Wildman–Crippen LogP) is 6.13. The second kappa shape index (κ2) is 10.8. The molecule has 0 unspecified atom stereocenters. The SMILES string of the molecule is C.NC1=N[C@@H](c2ccc(Cl)cc2C(F)(F)F)CO1.NC1=N[C@H](c2ccc(Cl)cc2C(F)(F)F)CO1. The van der Waals surface area contributed by atoms with Crippen LogP contribution in [0.15, 0.2) is 46.4 Å². The number of nitrogens with zero attached hydrogens (tertiary/aromatic N) is 2. The summed E-state index contributed by atoms with van der Waals surface area (Å²) in [5.74, 6) is 0. The van der Waals surface area contributed by atoms with Crippen molar-refractivity contribution in [1.82, 2.24) is 0 Å². The van der Waals surface area contributed by atoms with Gasteiger partial charge in [-0.05, 0) is 35.4 Å². The molecule has 2 aliphatic rings. The van der Waals surface area contributed by atoms with Crippen molar-refractivity contribution in [3.63, 3.8) is 0 Å². The van der Waals surface area contributed by atoms with Crippen LogP contribution in [-0.4, -0.2) is 25.3 Å². The fourth-order valence-corrected chi connectivity index (χ4v) is 3.58. The van der Waals surface area contributed by atoms with E-state index in [0.717, 1.165) is 12.1 Å². The van der Waals surface area contributed by atoms with E-state index in [1.807, 2.05) is 0 Å². The molecule has 14 heteroatoms. The smallest absolute Gasteiger partial charge is 0.416 e. The lowest BCUT2D eigenvalue weighted by molar-refractivity contribution is -0.139. The summed E-state index contributed by atoms with van der Waals surface area (Å²) in [6, 6.07) is 5.44. The van der Waals surface area contributed by atoms with Crippen molar-refractivity contribution in [2.45, 2.75) is 31.9 Å². The largest absolute Gasteiger partial charge is 0.463 e. The average molecular weight is 545 g/mol. The lowest BCUT2D eigenvalue weighted by Crippen LogP contribution is -2.12. The summed E-state index contributed by atoms with van der Waals surface area (Å²) in [5, 5.41) is 0.0499. The minimum Gasteiger partial charge on any atom is -0.463 e. The lowest BCUT2D eigenvalue weighted by Gasteiger charge is -2.15. The first-order chi connectivity index (χ1) is 15.8. The van der Waals surface area contributed by atoms with Crippen LogP contribution >= 0.6 is 23.2 Å². The Morgan fingerprint density at radius 2 is 1.06 bits per heavy atom. The van der Waals surface area contributed by atoms with Gasteiger partial charge >= 0.3 is 12.4 Å². The third kappa shape index (κ3) is 7.07. The maximum Gasteiger partial charge on any atom is 0.416 e. The molecule has 0 fully saturated rings. The van der Waals surface area contributed by atoms with Crippen molar-refractivity contribution >= 4 is 35.2 Å². The minimum atomic E-state index is -4.48. The van der Waals surface area contributed by atoms with Gasteiger partial charge in [-0.2, -0.15) is 26.3 Å². The summed E-state index contributed by atoms with van der Waals surface area (Å²) in [6.07, 6.45) is -8.96. The molecular weight excluding hydrogens is 525 g/mol. The van der Waals surface area contributed by atoms with E-state index in [1.165, 1.54) is 24.3 Å². The zero-order valence-corrected chi connectivity index (χ0v) is 18.4. The molecule has 35 heavy (non-hydrogen) atoms. The fraction of sp³-hybridized carbons (Fsp3) is 0.333. The van der Waals surface area contributed by atoms with Crippen LogP contribution in [0.1, 0.15) is 41.8 Å². The number of benzene rings is 2. The van der Waals surface area contributed by atoms with Crippen molar-refractivity contribution in [3.05, 3.63) is 68.7 Å². The second-order valence-corrected chi connectivity index (χ2v) is 7.92. The van der Waals surface area contributed by atoms with Gasteiger partial charge in [0.1, 0.15) is 25.3 Å². The molecule has 2 aromatic carbocycles. The number of amidine groups is 2. The van der Waals surface area contributed by atoms with Gasteiger partial charge in [-0.15, -0.1) is 0 Å². The van der Waals surface area contributed by atoms with Gasteiger partial charge in [0.05, 0.1) is 11.1 Å². The molecule has 0 saturated heterocycles. The number of nitrogens with two attached hydrogens (primary N) is 2. The number of hydrogen-bond donors (Lipinski definition) is 2. The number of rotatable bonds is 2. The van der Waals surface area contributed by atoms with Gasteiger partial charge in [0, 0.05) is 10.0 Å². The zero-order valence-electron chi connectivity index (χ0n) is 16.9. The van der Waals surface area contributed by atoms with Crippen LogP contribution in [0, 0.1) is 0 Å². The van der Waals surface area contributed by atoms with Gasteiger partial charge in [0.2, 0.25) is 0 Å². The zero-order chi connectivity index (χ0) is 25.3. The third-order valence-corrected chi connectivity index (χ3v) is 5.17. The highest BCUT2D eigenvalue weighted by Gasteiger charge is 2.37. The summed E-state index contributed by atoms with van der Waals surface area (Å²) >= 11 is 11.1. The maximum atomic E-state index is 12.8. The molecule has 0 spiro atoms. The van der Waals surface area contributed by atoms with Crippen molar-refractivity contribution in [1.29, 1.82) is 0 Å². The van der Waals surface area contributed by atoms with Crippen molar-refractivity contribution in [3.8, 4) is 0 Å². The molecule has 0 aromatic heterocycles. The maximum absolute atomic E-state index is 12.8. The monoisotopic (exact) mass is 544 g/mol. The average Bonchev–Trinajstić information content (AvgIpc) is 3.35. The van der Waals surface area contributed by atoms with Crippen molar-refractivity contribution in [2.24, 2.45) is 21.5 Å². The van der Waals surface area contributed by atoms with Gasteiger partial charge in [-0.25, -0.2) is 9.98 Å². The van der Waals surface area contributed by atoms with Crippen molar-refractivity contribution in [2.75, 3.05) is 13.2 Å². The summed E-state index contributed by atoms with van der Waals surface area (Å²) in [7, 11) is 0. The molecule has 4 rings (SSSR count). The van der Waals surface area contributed by atoms with Crippen molar-refractivity contribution < 1.29 is 35.8 Å². The van der Waals surface area contributed by atoms with Crippen LogP contribution in [0.2, 0.25) is 10.0 Å². The van der Waals surface area contributed by atoms with Crippen LogP contribution in [0.5, 0.6) is 0 Å². The van der Waals surface area contributed by atoms with E-state index in [2.05, 4.69) is 9.98 Å². The Bertz CT molecular complexity index is 1030. The Morgan fingerprint density at radius 3 is 1.31 bits per heavy atom. The standard InChI is InChI=1S/2C10H8ClF3N2O.CH4/c2*11-5-1-2-6(7(3-5)10(12,13)14)8-4-17-9(15)16-8;/h2*1-3,8H,4H2,(H2,15,16);1H4/t2*8-;/m10./s1. The van der Waals surface area contributed by atoms with E-state index in [0.29, 0.717) is 0 Å². The Morgan fingerprint density at radius 1 is 0.714 bits per heavy atom. The summed E-state index contributed by atoms with van der Waals surface area (Å²) in [5.41, 5.74) is 8.96. The molecule has 2 aliphatic heterocycles. The molecular formula is C21H20Cl2F6N4O2. The number of halogens is 8. The first-order valence-electron chi connectivity index (χ1n) is 9.41. The lowest BCUT2D eigenvalue weighted by atomic mass is 10.0. The highest BCUT2D eigenvalue weighted by atomic mass is 35.5. The predicted molar refractivity (Wildman–Crippen MR) is 120 cm³/mol. The first kappa shape index (κ1) is 28.4. The van der Waals surface area contributed by atoms with Gasteiger partial charge in [0.15, 0.2) is 0 Å². The molecule has 2 heterocycles. The van der Waals surface area contributed by atoms with Gasteiger partial charge in [-0.3, -0.25) is 0 Å². The molecule has 0 saturated carbocycles. The number of alkyl halides is 6. The molecule has 4 N–H and O–H groups in total. The quantitative estimate of drug-likeness (QED) is 0.445. The Labute approximate surface area is 206 Å². The minimum absolute atomic E-state index is 0. The summed E-state index contributed by atoms with van der Waals surface area (Å²) in [6.45, 7) is 0.0209. The van der Waals surface area contributed by atoms with Gasteiger partial charge < -0.3 is 20.9 Å². The molecule has 192 valence electrons. The first-order valence-corrected chi connectivity index (χ1v) is 10.2. The highest BCUT2D eigenvalue weighted by molar-refractivity contribution is 6.31. The van der Waals surface area contributed by atoms with Gasteiger partial charge in [-0.1, -0.05) is 42.8 Å². The Kier molecular flexibility index (Phi) is 8.77. The molecule has 0 bridgehead atoms. The van der Waals surface area contributed by atoms with Crippen LogP contribution in [-0.2, 0) is 21.8 Å². The van der Waals surface area contributed by atoms with E-state index in [1.54, 1.807) is 0 Å². The fourth-order valence-electron chi connectivity index (χ4n) is 3.23. The van der Waals surface area contributed by atoms with Crippen LogP contribution in [0.3, 0.4) is 0 Å². The van der Waals surface area contributed by atoms with E-state index < -0.39 is 35.6 Å². The molecule has 0 radical (unpaired) electrons.